The summed E-state index contributed by atoms with van der Waals surface area (Å²) in [7, 11) is 1.59. The number of nitrogens with one attached hydrogen (secondary N) is 1. The predicted molar refractivity (Wildman–Crippen MR) is 101 cm³/mol. The Labute approximate surface area is 153 Å². The van der Waals surface area contributed by atoms with Crippen molar-refractivity contribution in [3.63, 3.8) is 0 Å². The topological polar surface area (TPSA) is 56.1 Å². The number of hydrogen-bond acceptors (Lipinski definition) is 3. The minimum atomic E-state index is -0.118. The van der Waals surface area contributed by atoms with Crippen LogP contribution in [0, 0.1) is 13.8 Å². The average molecular weight is 349 g/mol. The van der Waals surface area contributed by atoms with Gasteiger partial charge in [0.1, 0.15) is 5.75 Å². The zero-order valence-electron chi connectivity index (χ0n) is 15.3. The van der Waals surface area contributed by atoms with E-state index in [1.54, 1.807) is 19.2 Å². The van der Waals surface area contributed by atoms with Crippen molar-refractivity contribution in [3.05, 3.63) is 82.7 Å². The van der Waals surface area contributed by atoms with Gasteiger partial charge >= 0.3 is 0 Å². The molecule has 0 aliphatic carbocycles. The molecule has 0 spiro atoms. The number of carbonyl (C=O) groups is 1. The van der Waals surface area contributed by atoms with Gasteiger partial charge in [-0.3, -0.25) is 9.48 Å². The fourth-order valence-electron chi connectivity index (χ4n) is 2.89. The number of carbonyl (C=O) groups excluding carboxylic acids is 1. The molecule has 5 heteroatoms. The van der Waals surface area contributed by atoms with Crippen molar-refractivity contribution in [1.82, 2.24) is 15.1 Å². The predicted octanol–water partition coefficient (Wildman–Crippen LogP) is 3.49. The second-order valence-corrected chi connectivity index (χ2v) is 6.32. The van der Waals surface area contributed by atoms with Gasteiger partial charge in [-0.1, -0.05) is 30.3 Å². The summed E-state index contributed by atoms with van der Waals surface area (Å²) in [6.07, 6.45) is 0. The summed E-state index contributed by atoms with van der Waals surface area (Å²) < 4.78 is 7.15. The number of amides is 1. The number of aromatic nitrogens is 2. The maximum Gasteiger partial charge on any atom is 0.251 e. The van der Waals surface area contributed by atoms with E-state index in [-0.39, 0.29) is 5.91 Å². The highest BCUT2D eigenvalue weighted by Crippen LogP contribution is 2.13. The minimum absolute atomic E-state index is 0.118. The average Bonchev–Trinajstić information content (AvgIpc) is 2.97. The Hall–Kier alpha value is -3.08. The van der Waals surface area contributed by atoms with Crippen molar-refractivity contribution in [2.45, 2.75) is 26.9 Å². The number of hydrogen-bond donors (Lipinski definition) is 1. The Bertz CT molecular complexity index is 915. The van der Waals surface area contributed by atoms with Gasteiger partial charge in [-0.15, -0.1) is 0 Å². The summed E-state index contributed by atoms with van der Waals surface area (Å²) in [6.45, 7) is 5.24. The maximum atomic E-state index is 12.3. The van der Waals surface area contributed by atoms with Gasteiger partial charge in [0.05, 0.1) is 19.3 Å². The van der Waals surface area contributed by atoms with E-state index in [1.165, 1.54) is 0 Å². The third-order valence-electron chi connectivity index (χ3n) is 4.21. The molecule has 0 unspecified atom stereocenters. The lowest BCUT2D eigenvalue weighted by Crippen LogP contribution is -2.22. The molecule has 3 rings (SSSR count). The molecule has 5 nitrogen and oxygen atoms in total. The molecule has 2 aromatic carbocycles. The largest absolute Gasteiger partial charge is 0.497 e. The Balaban J connectivity index is 1.65. The van der Waals surface area contributed by atoms with Crippen LogP contribution in [0.25, 0.3) is 0 Å². The van der Waals surface area contributed by atoms with E-state index in [4.69, 9.17) is 4.74 Å². The number of aryl methyl sites for hydroxylation is 2. The smallest absolute Gasteiger partial charge is 0.251 e. The number of ether oxygens (including phenoxy) is 1. The van der Waals surface area contributed by atoms with Gasteiger partial charge in [0.15, 0.2) is 0 Å². The molecule has 0 aliphatic rings. The molecule has 1 aromatic heterocycles. The first kappa shape index (κ1) is 17.7. The Morgan fingerprint density at radius 2 is 1.85 bits per heavy atom. The molecule has 1 heterocycles. The summed E-state index contributed by atoms with van der Waals surface area (Å²) in [5.74, 6) is 0.553. The molecule has 0 fully saturated rings. The summed E-state index contributed by atoms with van der Waals surface area (Å²) in [5, 5.41) is 7.46. The van der Waals surface area contributed by atoms with Crippen LogP contribution in [-0.2, 0) is 13.1 Å². The lowest BCUT2D eigenvalue weighted by Gasteiger charge is -2.09. The SMILES string of the molecule is COc1cccc(C(=O)NCc2cccc(Cn3nc(C)cc3C)c2)c1. The molecule has 26 heavy (non-hydrogen) atoms. The van der Waals surface area contributed by atoms with Crippen molar-refractivity contribution in [2.75, 3.05) is 7.11 Å². The van der Waals surface area contributed by atoms with Crippen molar-refractivity contribution in [1.29, 1.82) is 0 Å². The minimum Gasteiger partial charge on any atom is -0.497 e. The van der Waals surface area contributed by atoms with Gasteiger partial charge in [-0.05, 0) is 49.2 Å². The third-order valence-corrected chi connectivity index (χ3v) is 4.21. The molecule has 0 bridgehead atoms. The summed E-state index contributed by atoms with van der Waals surface area (Å²) >= 11 is 0. The lowest BCUT2D eigenvalue weighted by molar-refractivity contribution is 0.0950. The van der Waals surface area contributed by atoms with E-state index in [9.17, 15) is 4.79 Å². The first-order valence-corrected chi connectivity index (χ1v) is 8.56. The van der Waals surface area contributed by atoms with Gasteiger partial charge in [0, 0.05) is 17.8 Å². The van der Waals surface area contributed by atoms with E-state index in [1.807, 2.05) is 35.9 Å². The molecule has 0 saturated carbocycles. The number of rotatable bonds is 6. The second kappa shape index (κ2) is 7.87. The molecule has 1 amide bonds. The first-order valence-electron chi connectivity index (χ1n) is 8.56. The van der Waals surface area contributed by atoms with Crippen molar-refractivity contribution in [2.24, 2.45) is 0 Å². The Morgan fingerprint density at radius 3 is 2.58 bits per heavy atom. The molecule has 1 N–H and O–H groups in total. The zero-order valence-corrected chi connectivity index (χ0v) is 15.3. The molecular weight excluding hydrogens is 326 g/mol. The van der Waals surface area contributed by atoms with E-state index < -0.39 is 0 Å². The molecule has 3 aromatic rings. The van der Waals surface area contributed by atoms with Crippen molar-refractivity contribution >= 4 is 5.91 Å². The first-order chi connectivity index (χ1) is 12.5. The molecule has 0 radical (unpaired) electrons. The normalized spacial score (nSPS) is 10.6. The van der Waals surface area contributed by atoms with Gasteiger partial charge < -0.3 is 10.1 Å². The lowest BCUT2D eigenvalue weighted by atomic mass is 10.1. The summed E-state index contributed by atoms with van der Waals surface area (Å²) in [6, 6.07) is 17.4. The number of benzene rings is 2. The van der Waals surface area contributed by atoms with Crippen LogP contribution >= 0.6 is 0 Å². The quantitative estimate of drug-likeness (QED) is 0.741. The summed E-state index contributed by atoms with van der Waals surface area (Å²) in [5.41, 5.74) is 4.95. The fourth-order valence-corrected chi connectivity index (χ4v) is 2.89. The van der Waals surface area contributed by atoms with Crippen LogP contribution in [0.4, 0.5) is 0 Å². The van der Waals surface area contributed by atoms with Gasteiger partial charge in [-0.25, -0.2) is 0 Å². The fraction of sp³-hybridized carbons (Fsp3) is 0.238. The highest BCUT2D eigenvalue weighted by Gasteiger charge is 2.07. The summed E-state index contributed by atoms with van der Waals surface area (Å²) in [4.78, 5) is 12.3. The molecule has 0 aliphatic heterocycles. The van der Waals surface area contributed by atoms with Crippen LogP contribution in [0.1, 0.15) is 32.9 Å². The number of methoxy groups -OCH3 is 1. The van der Waals surface area contributed by atoms with Crippen LogP contribution in [-0.4, -0.2) is 22.8 Å². The van der Waals surface area contributed by atoms with Crippen LogP contribution in [0.15, 0.2) is 54.6 Å². The van der Waals surface area contributed by atoms with Crippen LogP contribution in [0.2, 0.25) is 0 Å². The Morgan fingerprint density at radius 1 is 1.08 bits per heavy atom. The molecule has 0 saturated heterocycles. The van der Waals surface area contributed by atoms with Gasteiger partial charge in [0.2, 0.25) is 0 Å². The van der Waals surface area contributed by atoms with Crippen molar-refractivity contribution in [3.8, 4) is 5.75 Å². The standard InChI is InChI=1S/C21H23N3O2/c1-15-10-16(2)24(23-15)14-18-7-4-6-17(11-18)13-22-21(25)19-8-5-9-20(12-19)26-3/h4-12H,13-14H2,1-3H3,(H,22,25). The maximum absolute atomic E-state index is 12.3. The highest BCUT2D eigenvalue weighted by atomic mass is 16.5. The van der Waals surface area contributed by atoms with Gasteiger partial charge in [-0.2, -0.15) is 5.10 Å². The molecule has 134 valence electrons. The molecular formula is C21H23N3O2. The highest BCUT2D eigenvalue weighted by molar-refractivity contribution is 5.94. The van der Waals surface area contributed by atoms with E-state index in [2.05, 4.69) is 35.5 Å². The third kappa shape index (κ3) is 4.30. The van der Waals surface area contributed by atoms with E-state index in [0.29, 0.717) is 17.9 Å². The van der Waals surface area contributed by atoms with E-state index >= 15 is 0 Å². The van der Waals surface area contributed by atoms with Crippen LogP contribution in [0.5, 0.6) is 5.75 Å². The van der Waals surface area contributed by atoms with Crippen LogP contribution < -0.4 is 10.1 Å². The second-order valence-electron chi connectivity index (χ2n) is 6.32. The van der Waals surface area contributed by atoms with Crippen LogP contribution in [0.3, 0.4) is 0 Å². The zero-order chi connectivity index (χ0) is 18.5. The van der Waals surface area contributed by atoms with E-state index in [0.717, 1.165) is 29.1 Å². The van der Waals surface area contributed by atoms with Crippen molar-refractivity contribution < 1.29 is 9.53 Å². The van der Waals surface area contributed by atoms with Gasteiger partial charge in [0.25, 0.3) is 5.91 Å². The Kier molecular flexibility index (Phi) is 5.37. The number of nitrogens with zero attached hydrogens (tertiary/aromatic N) is 2. The molecule has 0 atom stereocenters. The monoisotopic (exact) mass is 349 g/mol.